The van der Waals surface area contributed by atoms with E-state index in [-0.39, 0.29) is 18.2 Å². The van der Waals surface area contributed by atoms with Crippen LogP contribution in [0.5, 0.6) is 0 Å². The van der Waals surface area contributed by atoms with E-state index < -0.39 is 0 Å². The van der Waals surface area contributed by atoms with Crippen molar-refractivity contribution in [3.63, 3.8) is 0 Å². The Morgan fingerprint density at radius 1 is 1.29 bits per heavy atom. The van der Waals surface area contributed by atoms with Crippen molar-refractivity contribution in [2.75, 3.05) is 13.7 Å². The van der Waals surface area contributed by atoms with Crippen molar-refractivity contribution in [2.24, 2.45) is 0 Å². The zero-order chi connectivity index (χ0) is 12.7. The maximum Gasteiger partial charge on any atom is 0.0638 e. The first-order valence-corrected chi connectivity index (χ1v) is 6.01. The minimum Gasteiger partial charge on any atom is -0.395 e. The second-order valence-corrected chi connectivity index (χ2v) is 4.91. The predicted octanol–water partition coefficient (Wildman–Crippen LogP) is 1.95. The molecule has 0 aromatic heterocycles. The van der Waals surface area contributed by atoms with Gasteiger partial charge in [0, 0.05) is 19.7 Å². The van der Waals surface area contributed by atoms with Crippen molar-refractivity contribution >= 4 is 0 Å². The summed E-state index contributed by atoms with van der Waals surface area (Å²) in [5, 5.41) is 12.7. The van der Waals surface area contributed by atoms with Crippen molar-refractivity contribution in [2.45, 2.75) is 38.5 Å². The van der Waals surface area contributed by atoms with Gasteiger partial charge in [0.25, 0.3) is 0 Å². The number of ether oxygens (including phenoxy) is 1. The predicted molar refractivity (Wildman–Crippen MR) is 69.9 cm³/mol. The summed E-state index contributed by atoms with van der Waals surface area (Å²) >= 11 is 0. The van der Waals surface area contributed by atoms with Crippen molar-refractivity contribution in [1.82, 2.24) is 5.32 Å². The van der Waals surface area contributed by atoms with Crippen LogP contribution in [-0.4, -0.2) is 30.5 Å². The van der Waals surface area contributed by atoms with Gasteiger partial charge in [0.2, 0.25) is 0 Å². The van der Waals surface area contributed by atoms with Gasteiger partial charge in [-0.2, -0.15) is 0 Å². The summed E-state index contributed by atoms with van der Waals surface area (Å²) in [5.74, 6) is 0. The molecule has 1 aromatic rings. The quantitative estimate of drug-likeness (QED) is 0.761. The van der Waals surface area contributed by atoms with Gasteiger partial charge < -0.3 is 15.2 Å². The number of aliphatic hydroxyl groups excluding tert-OH is 1. The molecule has 1 aromatic carbocycles. The van der Waals surface area contributed by atoms with Crippen LogP contribution < -0.4 is 5.32 Å². The standard InChI is InChI=1S/C14H23NO2/c1-14(2,17-3)9-13(11-16)15-10-12-7-5-4-6-8-12/h4-8,13,15-16H,9-11H2,1-3H3. The number of nitrogens with one attached hydrogen (secondary N) is 1. The molecule has 0 amide bonds. The van der Waals surface area contributed by atoms with Crippen molar-refractivity contribution < 1.29 is 9.84 Å². The topological polar surface area (TPSA) is 41.5 Å². The summed E-state index contributed by atoms with van der Waals surface area (Å²) in [6.45, 7) is 4.95. The molecule has 0 fully saturated rings. The highest BCUT2D eigenvalue weighted by Gasteiger charge is 2.21. The van der Waals surface area contributed by atoms with Gasteiger partial charge in [0.15, 0.2) is 0 Å². The Balaban J connectivity index is 2.43. The van der Waals surface area contributed by atoms with E-state index in [9.17, 15) is 5.11 Å². The molecule has 0 saturated heterocycles. The summed E-state index contributed by atoms with van der Waals surface area (Å²) in [6.07, 6.45) is 0.785. The summed E-state index contributed by atoms with van der Waals surface area (Å²) in [4.78, 5) is 0. The summed E-state index contributed by atoms with van der Waals surface area (Å²) in [6, 6.07) is 10.2. The summed E-state index contributed by atoms with van der Waals surface area (Å²) in [5.41, 5.74) is 1.01. The Labute approximate surface area is 104 Å². The minimum atomic E-state index is -0.211. The maximum atomic E-state index is 9.34. The number of rotatable bonds is 7. The molecule has 1 rings (SSSR count). The van der Waals surface area contributed by atoms with E-state index in [1.54, 1.807) is 7.11 Å². The lowest BCUT2D eigenvalue weighted by molar-refractivity contribution is 0.00146. The van der Waals surface area contributed by atoms with Crippen LogP contribution in [0.15, 0.2) is 30.3 Å². The molecule has 0 aliphatic heterocycles. The van der Waals surface area contributed by atoms with E-state index in [1.807, 2.05) is 32.0 Å². The first kappa shape index (κ1) is 14.2. The van der Waals surface area contributed by atoms with E-state index in [2.05, 4.69) is 17.4 Å². The van der Waals surface area contributed by atoms with Gasteiger partial charge in [-0.25, -0.2) is 0 Å². The number of benzene rings is 1. The van der Waals surface area contributed by atoms with Crippen molar-refractivity contribution in [3.8, 4) is 0 Å². The lowest BCUT2D eigenvalue weighted by Crippen LogP contribution is -2.39. The zero-order valence-electron chi connectivity index (χ0n) is 10.9. The third-order valence-corrected chi connectivity index (χ3v) is 2.95. The van der Waals surface area contributed by atoms with E-state index in [0.717, 1.165) is 13.0 Å². The van der Waals surface area contributed by atoms with Crippen LogP contribution in [0.1, 0.15) is 25.8 Å². The van der Waals surface area contributed by atoms with E-state index in [0.29, 0.717) is 0 Å². The Kier molecular flexibility index (Phi) is 5.62. The lowest BCUT2D eigenvalue weighted by atomic mass is 9.99. The number of hydrogen-bond donors (Lipinski definition) is 2. The average Bonchev–Trinajstić information content (AvgIpc) is 2.35. The van der Waals surface area contributed by atoms with E-state index >= 15 is 0 Å². The van der Waals surface area contributed by atoms with Gasteiger partial charge in [-0.05, 0) is 25.8 Å². The van der Waals surface area contributed by atoms with Crippen LogP contribution in [-0.2, 0) is 11.3 Å². The molecule has 1 unspecified atom stereocenters. The first-order valence-electron chi connectivity index (χ1n) is 6.01. The van der Waals surface area contributed by atoms with Gasteiger partial charge in [0.05, 0.1) is 12.2 Å². The van der Waals surface area contributed by atoms with Crippen LogP contribution in [0.4, 0.5) is 0 Å². The molecule has 3 heteroatoms. The summed E-state index contributed by atoms with van der Waals surface area (Å²) < 4.78 is 5.37. The molecular formula is C14H23NO2. The van der Waals surface area contributed by atoms with E-state index in [4.69, 9.17) is 4.74 Å². The average molecular weight is 237 g/mol. The molecule has 0 aliphatic rings. The monoisotopic (exact) mass is 237 g/mol. The van der Waals surface area contributed by atoms with Crippen molar-refractivity contribution in [1.29, 1.82) is 0 Å². The Morgan fingerprint density at radius 3 is 2.47 bits per heavy atom. The first-order chi connectivity index (χ1) is 8.07. The molecule has 0 heterocycles. The second kappa shape index (κ2) is 6.74. The Hall–Kier alpha value is -0.900. The molecule has 3 nitrogen and oxygen atoms in total. The number of methoxy groups -OCH3 is 1. The normalized spacial score (nSPS) is 13.6. The fourth-order valence-electron chi connectivity index (χ4n) is 1.74. The lowest BCUT2D eigenvalue weighted by Gasteiger charge is -2.28. The van der Waals surface area contributed by atoms with Gasteiger partial charge in [0.1, 0.15) is 0 Å². The molecule has 17 heavy (non-hydrogen) atoms. The van der Waals surface area contributed by atoms with Gasteiger partial charge in [-0.3, -0.25) is 0 Å². The van der Waals surface area contributed by atoms with Crippen LogP contribution in [0.2, 0.25) is 0 Å². The Morgan fingerprint density at radius 2 is 1.94 bits per heavy atom. The van der Waals surface area contributed by atoms with Crippen molar-refractivity contribution in [3.05, 3.63) is 35.9 Å². The zero-order valence-corrected chi connectivity index (χ0v) is 10.9. The highest BCUT2D eigenvalue weighted by Crippen LogP contribution is 2.15. The van der Waals surface area contributed by atoms with Crippen LogP contribution in [0.25, 0.3) is 0 Å². The molecule has 0 spiro atoms. The van der Waals surface area contributed by atoms with Crippen LogP contribution >= 0.6 is 0 Å². The molecule has 96 valence electrons. The van der Waals surface area contributed by atoms with Crippen LogP contribution in [0, 0.1) is 0 Å². The number of hydrogen-bond acceptors (Lipinski definition) is 3. The smallest absolute Gasteiger partial charge is 0.0638 e. The van der Waals surface area contributed by atoms with Gasteiger partial charge >= 0.3 is 0 Å². The van der Waals surface area contributed by atoms with Crippen LogP contribution in [0.3, 0.4) is 0 Å². The third-order valence-electron chi connectivity index (χ3n) is 2.95. The third kappa shape index (κ3) is 5.31. The Bertz CT molecular complexity index is 311. The molecule has 1 atom stereocenters. The fraction of sp³-hybridized carbons (Fsp3) is 0.571. The number of aliphatic hydroxyl groups is 1. The SMILES string of the molecule is COC(C)(C)CC(CO)NCc1ccccc1. The molecule has 2 N–H and O–H groups in total. The highest BCUT2D eigenvalue weighted by atomic mass is 16.5. The van der Waals surface area contributed by atoms with E-state index in [1.165, 1.54) is 5.56 Å². The largest absolute Gasteiger partial charge is 0.395 e. The maximum absolute atomic E-state index is 9.34. The van der Waals surface area contributed by atoms with Gasteiger partial charge in [-0.1, -0.05) is 30.3 Å². The summed E-state index contributed by atoms with van der Waals surface area (Å²) in [7, 11) is 1.70. The molecule has 0 aliphatic carbocycles. The second-order valence-electron chi connectivity index (χ2n) is 4.91. The molecule has 0 radical (unpaired) electrons. The van der Waals surface area contributed by atoms with Gasteiger partial charge in [-0.15, -0.1) is 0 Å². The molecule has 0 saturated carbocycles. The molecule has 0 bridgehead atoms. The molecular weight excluding hydrogens is 214 g/mol. The minimum absolute atomic E-state index is 0.0603. The fourth-order valence-corrected chi connectivity index (χ4v) is 1.74. The highest BCUT2D eigenvalue weighted by molar-refractivity contribution is 5.14.